The van der Waals surface area contributed by atoms with E-state index >= 15 is 0 Å². The third-order valence-electron chi connectivity index (χ3n) is 3.77. The number of rotatable bonds is 6. The smallest absolute Gasteiger partial charge is 0.325 e. The van der Waals surface area contributed by atoms with E-state index < -0.39 is 5.97 Å². The Morgan fingerprint density at radius 1 is 1.43 bits per heavy atom. The van der Waals surface area contributed by atoms with Gasteiger partial charge in [0.05, 0.1) is 6.20 Å². The number of carbonyl (C=O) groups is 2. The minimum absolute atomic E-state index is 0.155. The van der Waals surface area contributed by atoms with E-state index in [1.807, 2.05) is 0 Å². The van der Waals surface area contributed by atoms with Crippen LogP contribution in [0.1, 0.15) is 30.3 Å². The van der Waals surface area contributed by atoms with Crippen LogP contribution >= 0.6 is 0 Å². The number of hydrogen-bond donors (Lipinski definition) is 2. The van der Waals surface area contributed by atoms with Gasteiger partial charge in [-0.15, -0.1) is 5.10 Å². The summed E-state index contributed by atoms with van der Waals surface area (Å²) < 4.78 is 1.14. The van der Waals surface area contributed by atoms with E-state index in [4.69, 9.17) is 5.11 Å². The van der Waals surface area contributed by atoms with Crippen molar-refractivity contribution in [2.24, 2.45) is 5.92 Å². The highest BCUT2D eigenvalue weighted by molar-refractivity contribution is 5.91. The first-order chi connectivity index (χ1) is 10.1. The quantitative estimate of drug-likeness (QED) is 0.755. The summed E-state index contributed by atoms with van der Waals surface area (Å²) >= 11 is 0. The number of aliphatic carboxylic acids is 1. The molecule has 1 aliphatic rings. The summed E-state index contributed by atoms with van der Waals surface area (Å²) in [6.07, 6.45) is 3.52. The first-order valence-corrected chi connectivity index (χ1v) is 7.21. The molecular formula is C13H21N5O3. The maximum atomic E-state index is 11.9. The van der Waals surface area contributed by atoms with Gasteiger partial charge in [-0.3, -0.25) is 9.59 Å². The Morgan fingerprint density at radius 3 is 2.76 bits per heavy atom. The minimum atomic E-state index is -1.02. The van der Waals surface area contributed by atoms with Gasteiger partial charge in [0.1, 0.15) is 6.54 Å². The highest BCUT2D eigenvalue weighted by atomic mass is 16.4. The molecule has 0 radical (unpaired) electrons. The van der Waals surface area contributed by atoms with Crippen molar-refractivity contribution in [3.63, 3.8) is 0 Å². The molecule has 21 heavy (non-hydrogen) atoms. The third kappa shape index (κ3) is 4.52. The molecule has 1 amide bonds. The summed E-state index contributed by atoms with van der Waals surface area (Å²) in [5.41, 5.74) is 0.155. The van der Waals surface area contributed by atoms with E-state index in [2.05, 4.69) is 27.5 Å². The standard InChI is InChI=1S/C13H21N5O3/c1-2-17-5-3-10(4-6-17)7-14-13(21)11-8-18(16-15-11)9-12(19)20/h8,10H,2-7,9H2,1H3,(H,14,21)(H,19,20). The molecule has 0 spiro atoms. The van der Waals surface area contributed by atoms with Gasteiger partial charge in [-0.05, 0) is 38.4 Å². The third-order valence-corrected chi connectivity index (χ3v) is 3.77. The van der Waals surface area contributed by atoms with Gasteiger partial charge in [-0.1, -0.05) is 12.1 Å². The Morgan fingerprint density at radius 2 is 2.14 bits per heavy atom. The van der Waals surface area contributed by atoms with Crippen LogP contribution in [-0.4, -0.2) is 63.1 Å². The second kappa shape index (κ2) is 7.16. The fourth-order valence-electron chi connectivity index (χ4n) is 2.45. The van der Waals surface area contributed by atoms with Crippen molar-refractivity contribution in [1.29, 1.82) is 0 Å². The Labute approximate surface area is 123 Å². The molecule has 0 saturated carbocycles. The van der Waals surface area contributed by atoms with Crippen LogP contribution in [0.2, 0.25) is 0 Å². The summed E-state index contributed by atoms with van der Waals surface area (Å²) in [6, 6.07) is 0. The van der Waals surface area contributed by atoms with Crippen molar-refractivity contribution in [1.82, 2.24) is 25.2 Å². The lowest BCUT2D eigenvalue weighted by molar-refractivity contribution is -0.137. The lowest BCUT2D eigenvalue weighted by atomic mass is 9.97. The van der Waals surface area contributed by atoms with Crippen molar-refractivity contribution in [3.05, 3.63) is 11.9 Å². The Kier molecular flexibility index (Phi) is 5.26. The maximum Gasteiger partial charge on any atom is 0.325 e. The van der Waals surface area contributed by atoms with Crippen LogP contribution in [0.4, 0.5) is 0 Å². The number of carbonyl (C=O) groups excluding carboxylic acids is 1. The van der Waals surface area contributed by atoms with Crippen LogP contribution in [-0.2, 0) is 11.3 Å². The molecule has 0 unspecified atom stereocenters. The van der Waals surface area contributed by atoms with Crippen molar-refractivity contribution >= 4 is 11.9 Å². The van der Waals surface area contributed by atoms with E-state index in [1.165, 1.54) is 6.20 Å². The lowest BCUT2D eigenvalue weighted by Gasteiger charge is -2.30. The van der Waals surface area contributed by atoms with E-state index in [-0.39, 0.29) is 18.1 Å². The summed E-state index contributed by atoms with van der Waals surface area (Å²) in [7, 11) is 0. The fraction of sp³-hybridized carbons (Fsp3) is 0.692. The number of nitrogens with one attached hydrogen (secondary N) is 1. The number of likely N-dealkylation sites (tertiary alicyclic amines) is 1. The highest BCUT2D eigenvalue weighted by Gasteiger charge is 2.19. The summed E-state index contributed by atoms with van der Waals surface area (Å²) in [5, 5.41) is 18.8. The Balaban J connectivity index is 1.77. The number of aromatic nitrogens is 3. The second-order valence-corrected chi connectivity index (χ2v) is 5.28. The maximum absolute atomic E-state index is 11.9. The van der Waals surface area contributed by atoms with Crippen molar-refractivity contribution in [3.8, 4) is 0 Å². The molecule has 1 aliphatic heterocycles. The molecule has 1 aromatic rings. The van der Waals surface area contributed by atoms with E-state index in [9.17, 15) is 9.59 Å². The number of carboxylic acids is 1. The number of nitrogens with zero attached hydrogens (tertiary/aromatic N) is 4. The fourth-order valence-corrected chi connectivity index (χ4v) is 2.45. The molecule has 2 N–H and O–H groups in total. The zero-order valence-corrected chi connectivity index (χ0v) is 12.2. The van der Waals surface area contributed by atoms with Crippen LogP contribution in [0.25, 0.3) is 0 Å². The van der Waals surface area contributed by atoms with Gasteiger partial charge in [0.15, 0.2) is 5.69 Å². The van der Waals surface area contributed by atoms with Crippen molar-refractivity contribution < 1.29 is 14.7 Å². The van der Waals surface area contributed by atoms with Crippen LogP contribution in [0.15, 0.2) is 6.20 Å². The van der Waals surface area contributed by atoms with Crippen molar-refractivity contribution in [2.45, 2.75) is 26.3 Å². The summed E-state index contributed by atoms with van der Waals surface area (Å²) in [4.78, 5) is 24.9. The first-order valence-electron chi connectivity index (χ1n) is 7.21. The SMILES string of the molecule is CCN1CCC(CNC(=O)c2cn(CC(=O)O)nn2)CC1. The molecule has 8 heteroatoms. The molecule has 1 saturated heterocycles. The van der Waals surface area contributed by atoms with Crippen molar-refractivity contribution in [2.75, 3.05) is 26.2 Å². The van der Waals surface area contributed by atoms with Crippen LogP contribution < -0.4 is 5.32 Å². The van der Waals surface area contributed by atoms with Gasteiger partial charge >= 0.3 is 5.97 Å². The largest absolute Gasteiger partial charge is 0.480 e. The molecule has 0 bridgehead atoms. The van der Waals surface area contributed by atoms with Gasteiger partial charge in [0, 0.05) is 6.54 Å². The normalized spacial score (nSPS) is 16.8. The topological polar surface area (TPSA) is 100 Å². The molecule has 0 aromatic carbocycles. The zero-order chi connectivity index (χ0) is 15.2. The highest BCUT2D eigenvalue weighted by Crippen LogP contribution is 2.15. The molecule has 8 nitrogen and oxygen atoms in total. The van der Waals surface area contributed by atoms with Gasteiger partial charge in [-0.2, -0.15) is 0 Å². The Hall–Kier alpha value is -1.96. The average Bonchev–Trinajstić information content (AvgIpc) is 2.93. The first kappa shape index (κ1) is 15.4. The minimum Gasteiger partial charge on any atom is -0.480 e. The van der Waals surface area contributed by atoms with Crippen LogP contribution in [0.3, 0.4) is 0 Å². The average molecular weight is 295 g/mol. The van der Waals surface area contributed by atoms with Gasteiger partial charge in [0.25, 0.3) is 5.91 Å². The van der Waals surface area contributed by atoms with E-state index in [1.54, 1.807) is 0 Å². The number of hydrogen-bond acceptors (Lipinski definition) is 5. The molecular weight excluding hydrogens is 274 g/mol. The second-order valence-electron chi connectivity index (χ2n) is 5.28. The van der Waals surface area contributed by atoms with Gasteiger partial charge < -0.3 is 15.3 Å². The monoisotopic (exact) mass is 295 g/mol. The van der Waals surface area contributed by atoms with Gasteiger partial charge in [-0.25, -0.2) is 4.68 Å². The molecule has 1 fully saturated rings. The molecule has 0 aliphatic carbocycles. The molecule has 1 aromatic heterocycles. The molecule has 2 heterocycles. The zero-order valence-electron chi connectivity index (χ0n) is 12.2. The number of amides is 1. The lowest BCUT2D eigenvalue weighted by Crippen LogP contribution is -2.38. The summed E-state index contributed by atoms with van der Waals surface area (Å²) in [5.74, 6) is -0.829. The molecule has 116 valence electrons. The van der Waals surface area contributed by atoms with Crippen LogP contribution in [0.5, 0.6) is 0 Å². The molecule has 2 rings (SSSR count). The number of piperidine rings is 1. The van der Waals surface area contributed by atoms with E-state index in [0.29, 0.717) is 12.5 Å². The predicted molar refractivity (Wildman–Crippen MR) is 74.8 cm³/mol. The van der Waals surface area contributed by atoms with Crippen LogP contribution in [0, 0.1) is 5.92 Å². The molecule has 0 atom stereocenters. The Bertz CT molecular complexity index is 494. The number of carboxylic acid groups (broad SMARTS) is 1. The van der Waals surface area contributed by atoms with E-state index in [0.717, 1.165) is 37.2 Å². The van der Waals surface area contributed by atoms with Gasteiger partial charge in [0.2, 0.25) is 0 Å². The summed E-state index contributed by atoms with van der Waals surface area (Å²) in [6.45, 7) is 5.71. The predicted octanol–water partition coefficient (Wildman–Crippen LogP) is -0.176.